The first kappa shape index (κ1) is 14.1. The van der Waals surface area contributed by atoms with Crippen LogP contribution >= 0.6 is 0 Å². The zero-order valence-corrected chi connectivity index (χ0v) is 10.1. The van der Waals surface area contributed by atoms with Crippen LogP contribution in [0, 0.1) is 12.7 Å². The molecule has 0 radical (unpaired) electrons. The summed E-state index contributed by atoms with van der Waals surface area (Å²) in [6.07, 6.45) is -1.44. The first-order valence-corrected chi connectivity index (χ1v) is 5.26. The number of ether oxygens (including phenoxy) is 1. The first-order valence-electron chi connectivity index (χ1n) is 5.26. The number of aliphatic hydroxyl groups is 1. The van der Waals surface area contributed by atoms with Crippen molar-refractivity contribution < 1.29 is 23.8 Å². The van der Waals surface area contributed by atoms with Crippen molar-refractivity contribution >= 4 is 11.9 Å². The topological polar surface area (TPSA) is 75.6 Å². The van der Waals surface area contributed by atoms with Crippen LogP contribution in [0.1, 0.15) is 15.9 Å². The van der Waals surface area contributed by atoms with Gasteiger partial charge >= 0.3 is 5.97 Å². The van der Waals surface area contributed by atoms with E-state index in [1.807, 2.05) is 0 Å². The number of methoxy groups -OCH3 is 1. The minimum absolute atomic E-state index is 0.159. The number of carbonyl (C=O) groups excluding carboxylic acids is 2. The third kappa shape index (κ3) is 3.53. The van der Waals surface area contributed by atoms with E-state index in [9.17, 15) is 19.1 Å². The van der Waals surface area contributed by atoms with E-state index in [2.05, 4.69) is 10.1 Å². The lowest BCUT2D eigenvalue weighted by molar-refractivity contribution is -0.149. The Kier molecular flexibility index (Phi) is 4.79. The SMILES string of the molecule is COC(=O)C(O)CNC(=O)c1cc(F)ccc1C. The second-order valence-corrected chi connectivity index (χ2v) is 3.71. The number of aryl methyl sites for hydroxylation is 1. The monoisotopic (exact) mass is 255 g/mol. The Morgan fingerprint density at radius 3 is 2.78 bits per heavy atom. The van der Waals surface area contributed by atoms with Crippen LogP contribution in [0.3, 0.4) is 0 Å². The highest BCUT2D eigenvalue weighted by molar-refractivity contribution is 5.95. The Hall–Kier alpha value is -1.95. The zero-order valence-electron chi connectivity index (χ0n) is 10.1. The summed E-state index contributed by atoms with van der Waals surface area (Å²) in [5, 5.41) is 11.6. The number of carbonyl (C=O) groups is 2. The van der Waals surface area contributed by atoms with Crippen molar-refractivity contribution in [2.24, 2.45) is 0 Å². The molecule has 0 aromatic heterocycles. The summed E-state index contributed by atoms with van der Waals surface area (Å²) in [5.41, 5.74) is 0.758. The summed E-state index contributed by atoms with van der Waals surface area (Å²) >= 11 is 0. The second kappa shape index (κ2) is 6.11. The van der Waals surface area contributed by atoms with Crippen LogP contribution in [0.5, 0.6) is 0 Å². The average Bonchev–Trinajstić information content (AvgIpc) is 2.37. The largest absolute Gasteiger partial charge is 0.467 e. The summed E-state index contributed by atoms with van der Waals surface area (Å²) < 4.78 is 17.3. The fourth-order valence-electron chi connectivity index (χ4n) is 1.34. The van der Waals surface area contributed by atoms with Crippen molar-refractivity contribution in [3.63, 3.8) is 0 Å². The minimum Gasteiger partial charge on any atom is -0.467 e. The number of benzene rings is 1. The Labute approximate surface area is 104 Å². The van der Waals surface area contributed by atoms with Crippen LogP contribution in [0.2, 0.25) is 0 Å². The number of hydrogen-bond acceptors (Lipinski definition) is 4. The molecular weight excluding hydrogens is 241 g/mol. The van der Waals surface area contributed by atoms with Gasteiger partial charge in [-0.2, -0.15) is 0 Å². The standard InChI is InChI=1S/C12H14FNO4/c1-7-3-4-8(13)5-9(7)11(16)14-6-10(15)12(17)18-2/h3-5,10,15H,6H2,1-2H3,(H,14,16). The van der Waals surface area contributed by atoms with E-state index in [4.69, 9.17) is 0 Å². The van der Waals surface area contributed by atoms with Crippen molar-refractivity contribution in [1.29, 1.82) is 0 Å². The molecule has 0 aliphatic rings. The highest BCUT2D eigenvalue weighted by Crippen LogP contribution is 2.09. The molecule has 0 fully saturated rings. The van der Waals surface area contributed by atoms with Crippen molar-refractivity contribution in [2.75, 3.05) is 13.7 Å². The molecule has 0 saturated heterocycles. The van der Waals surface area contributed by atoms with E-state index in [0.29, 0.717) is 5.56 Å². The third-order valence-electron chi connectivity index (χ3n) is 2.37. The van der Waals surface area contributed by atoms with Gasteiger partial charge in [0.05, 0.1) is 13.7 Å². The molecule has 98 valence electrons. The van der Waals surface area contributed by atoms with Crippen molar-refractivity contribution in [3.05, 3.63) is 35.1 Å². The molecule has 1 rings (SSSR count). The molecule has 0 aliphatic heterocycles. The smallest absolute Gasteiger partial charge is 0.336 e. The quantitative estimate of drug-likeness (QED) is 0.763. The molecule has 0 aliphatic carbocycles. The van der Waals surface area contributed by atoms with E-state index < -0.39 is 23.8 Å². The fraction of sp³-hybridized carbons (Fsp3) is 0.333. The number of aliphatic hydroxyl groups excluding tert-OH is 1. The van der Waals surface area contributed by atoms with Crippen LogP contribution in [0.4, 0.5) is 4.39 Å². The minimum atomic E-state index is -1.44. The molecule has 2 N–H and O–H groups in total. The van der Waals surface area contributed by atoms with Gasteiger partial charge in [-0.15, -0.1) is 0 Å². The van der Waals surface area contributed by atoms with Crippen LogP contribution in [0.25, 0.3) is 0 Å². The average molecular weight is 255 g/mol. The predicted molar refractivity (Wildman–Crippen MR) is 61.5 cm³/mol. The molecule has 6 heteroatoms. The van der Waals surface area contributed by atoms with Gasteiger partial charge in [0.15, 0.2) is 6.10 Å². The van der Waals surface area contributed by atoms with Gasteiger partial charge in [-0.25, -0.2) is 9.18 Å². The van der Waals surface area contributed by atoms with Gasteiger partial charge < -0.3 is 15.2 Å². The molecule has 0 heterocycles. The maximum absolute atomic E-state index is 13.0. The van der Waals surface area contributed by atoms with Crippen LogP contribution < -0.4 is 5.32 Å². The van der Waals surface area contributed by atoms with E-state index in [0.717, 1.165) is 13.2 Å². The third-order valence-corrected chi connectivity index (χ3v) is 2.37. The molecule has 1 atom stereocenters. The summed E-state index contributed by atoms with van der Waals surface area (Å²) in [7, 11) is 1.13. The summed E-state index contributed by atoms with van der Waals surface area (Å²) in [4.78, 5) is 22.6. The lowest BCUT2D eigenvalue weighted by Crippen LogP contribution is -2.37. The van der Waals surface area contributed by atoms with Crippen molar-refractivity contribution in [1.82, 2.24) is 5.32 Å². The van der Waals surface area contributed by atoms with E-state index in [-0.39, 0.29) is 12.1 Å². The van der Waals surface area contributed by atoms with Crippen molar-refractivity contribution in [3.8, 4) is 0 Å². The van der Waals surface area contributed by atoms with Crippen molar-refractivity contribution in [2.45, 2.75) is 13.0 Å². The van der Waals surface area contributed by atoms with E-state index in [1.54, 1.807) is 6.92 Å². The summed E-state index contributed by atoms with van der Waals surface area (Å²) in [5.74, 6) is -1.93. The summed E-state index contributed by atoms with van der Waals surface area (Å²) in [6, 6.07) is 3.81. The van der Waals surface area contributed by atoms with Gasteiger partial charge in [0.25, 0.3) is 5.91 Å². The van der Waals surface area contributed by atoms with Crippen LogP contribution in [-0.4, -0.2) is 36.7 Å². The number of esters is 1. The molecule has 1 unspecified atom stereocenters. The number of hydrogen-bond donors (Lipinski definition) is 2. The van der Waals surface area contributed by atoms with Gasteiger partial charge in [0.2, 0.25) is 0 Å². The lowest BCUT2D eigenvalue weighted by Gasteiger charge is -2.11. The molecule has 1 aromatic rings. The second-order valence-electron chi connectivity index (χ2n) is 3.71. The number of halogens is 1. The van der Waals surface area contributed by atoms with Gasteiger partial charge in [0.1, 0.15) is 5.82 Å². The Morgan fingerprint density at radius 1 is 1.50 bits per heavy atom. The lowest BCUT2D eigenvalue weighted by atomic mass is 10.1. The van der Waals surface area contributed by atoms with Gasteiger partial charge in [0, 0.05) is 5.56 Å². The fourth-order valence-corrected chi connectivity index (χ4v) is 1.34. The highest BCUT2D eigenvalue weighted by atomic mass is 19.1. The molecule has 1 amide bonds. The Balaban J connectivity index is 2.66. The molecule has 0 saturated carbocycles. The van der Waals surface area contributed by atoms with E-state index >= 15 is 0 Å². The van der Waals surface area contributed by atoms with Gasteiger partial charge in [-0.1, -0.05) is 6.07 Å². The molecule has 0 spiro atoms. The number of amides is 1. The van der Waals surface area contributed by atoms with Gasteiger partial charge in [-0.3, -0.25) is 4.79 Å². The molecule has 5 nitrogen and oxygen atoms in total. The van der Waals surface area contributed by atoms with Crippen LogP contribution in [-0.2, 0) is 9.53 Å². The van der Waals surface area contributed by atoms with Gasteiger partial charge in [-0.05, 0) is 24.6 Å². The maximum atomic E-state index is 13.0. The van der Waals surface area contributed by atoms with E-state index in [1.165, 1.54) is 12.1 Å². The normalized spacial score (nSPS) is 11.8. The molecular formula is C12H14FNO4. The molecule has 1 aromatic carbocycles. The number of nitrogens with one attached hydrogen (secondary N) is 1. The predicted octanol–water partition coefficient (Wildman–Crippen LogP) is 0.398. The molecule has 0 bridgehead atoms. The maximum Gasteiger partial charge on any atom is 0.336 e. The summed E-state index contributed by atoms with van der Waals surface area (Å²) in [6.45, 7) is 1.37. The first-order chi connectivity index (χ1) is 8.45. The Morgan fingerprint density at radius 2 is 2.17 bits per heavy atom. The zero-order chi connectivity index (χ0) is 13.7. The highest BCUT2D eigenvalue weighted by Gasteiger charge is 2.17. The van der Waals surface area contributed by atoms with Crippen LogP contribution in [0.15, 0.2) is 18.2 Å². The number of rotatable bonds is 4. The molecule has 18 heavy (non-hydrogen) atoms. The Bertz CT molecular complexity index is 461.